The zero-order valence-electron chi connectivity index (χ0n) is 7.42. The fourth-order valence-corrected chi connectivity index (χ4v) is 2.11. The second-order valence-electron chi connectivity index (χ2n) is 2.98. The van der Waals surface area contributed by atoms with E-state index in [2.05, 4.69) is 0 Å². The number of rotatable bonds is 1. The third-order valence-electron chi connectivity index (χ3n) is 1.78. The number of aryl methyl sites for hydroxylation is 3. The average Bonchev–Trinajstić information content (AvgIpc) is 1.82. The average molecular weight is 224 g/mol. The molecule has 0 spiro atoms. The molecule has 0 aliphatic carbocycles. The Morgan fingerprint density at radius 3 is 1.85 bits per heavy atom. The van der Waals surface area contributed by atoms with Crippen LogP contribution in [0.15, 0.2) is 17.0 Å². The van der Waals surface area contributed by atoms with Crippen molar-refractivity contribution in [3.8, 4) is 0 Å². The molecule has 13 heavy (non-hydrogen) atoms. The molecule has 4 heteroatoms. The van der Waals surface area contributed by atoms with Gasteiger partial charge in [0.25, 0.3) is 0 Å². The van der Waals surface area contributed by atoms with Crippen LogP contribution in [0.2, 0.25) is 0 Å². The van der Waals surface area contributed by atoms with Crippen molar-refractivity contribution >= 4 is 62.5 Å². The van der Waals surface area contributed by atoms with E-state index in [1.165, 1.54) is 0 Å². The van der Waals surface area contributed by atoms with Crippen LogP contribution >= 0.6 is 0 Å². The van der Waals surface area contributed by atoms with Crippen molar-refractivity contribution < 1.29 is 8.76 Å². The van der Waals surface area contributed by atoms with Crippen molar-refractivity contribution in [2.24, 2.45) is 0 Å². The van der Waals surface area contributed by atoms with E-state index in [9.17, 15) is 4.21 Å². The summed E-state index contributed by atoms with van der Waals surface area (Å²) < 4.78 is 19.8. The predicted octanol–water partition coefficient (Wildman–Crippen LogP) is 1.54. The molecule has 0 fully saturated rings. The molecule has 1 N–H and O–H groups in total. The maximum absolute atomic E-state index is 10.9. The third-order valence-corrected chi connectivity index (χ3v) is 2.77. The summed E-state index contributed by atoms with van der Waals surface area (Å²) in [7, 11) is 0. The topological polar surface area (TPSA) is 37.3 Å². The Kier molecular flexibility index (Phi) is 6.18. The molecule has 1 aromatic carbocycles. The summed E-state index contributed by atoms with van der Waals surface area (Å²) in [5.74, 6) is 0. The molecule has 68 valence electrons. The van der Waals surface area contributed by atoms with E-state index in [0.717, 1.165) is 16.7 Å². The van der Waals surface area contributed by atoms with Crippen LogP contribution in [-0.2, 0) is 11.1 Å². The Balaban J connectivity index is 0.00000144. The van der Waals surface area contributed by atoms with Crippen LogP contribution in [0.3, 0.4) is 0 Å². The van der Waals surface area contributed by atoms with E-state index in [1.54, 1.807) is 0 Å². The van der Waals surface area contributed by atoms with E-state index >= 15 is 0 Å². The zero-order chi connectivity index (χ0) is 9.30. The standard InChI is InChI=1S/C9H12O2S.K.H/c1-6-4-7(2)9(12(10)11)8(3)5-6;;/h4-5H,1-3H3,(H,10,11);;. The molecule has 0 aliphatic rings. The van der Waals surface area contributed by atoms with Crippen molar-refractivity contribution in [2.45, 2.75) is 25.7 Å². The first-order valence-electron chi connectivity index (χ1n) is 3.71. The minimum absolute atomic E-state index is 0. The molecule has 0 saturated carbocycles. The summed E-state index contributed by atoms with van der Waals surface area (Å²) in [5, 5.41) is 0. The molecule has 0 heterocycles. The Hall–Kier alpha value is 0.966. The van der Waals surface area contributed by atoms with Gasteiger partial charge in [-0.05, 0) is 31.9 Å². The number of benzene rings is 1. The van der Waals surface area contributed by atoms with Gasteiger partial charge < -0.3 is 4.55 Å². The molecule has 0 amide bonds. The van der Waals surface area contributed by atoms with Gasteiger partial charge in [0.15, 0.2) is 11.1 Å². The van der Waals surface area contributed by atoms with Crippen molar-refractivity contribution in [3.05, 3.63) is 28.8 Å². The maximum atomic E-state index is 10.9. The van der Waals surface area contributed by atoms with Crippen LogP contribution in [0.5, 0.6) is 0 Å². The van der Waals surface area contributed by atoms with Gasteiger partial charge in [0.2, 0.25) is 0 Å². The van der Waals surface area contributed by atoms with Crippen LogP contribution in [0.1, 0.15) is 16.7 Å². The molecular weight excluding hydrogens is 211 g/mol. The van der Waals surface area contributed by atoms with Crippen LogP contribution in [0, 0.1) is 20.8 Å². The quantitative estimate of drug-likeness (QED) is 0.580. The summed E-state index contributed by atoms with van der Waals surface area (Å²) in [6.45, 7) is 5.68. The molecule has 0 aromatic heterocycles. The fraction of sp³-hybridized carbons (Fsp3) is 0.333. The zero-order valence-corrected chi connectivity index (χ0v) is 8.23. The van der Waals surface area contributed by atoms with E-state index < -0.39 is 11.1 Å². The first kappa shape index (κ1) is 14.0. The van der Waals surface area contributed by atoms with Crippen molar-refractivity contribution in [1.29, 1.82) is 0 Å². The predicted molar refractivity (Wildman–Crippen MR) is 56.8 cm³/mol. The van der Waals surface area contributed by atoms with Gasteiger partial charge in [-0.25, -0.2) is 4.21 Å². The van der Waals surface area contributed by atoms with E-state index in [1.807, 2.05) is 32.9 Å². The Morgan fingerprint density at radius 1 is 1.15 bits per heavy atom. The fourth-order valence-electron chi connectivity index (χ4n) is 1.44. The third kappa shape index (κ3) is 3.55. The second kappa shape index (κ2) is 5.75. The van der Waals surface area contributed by atoms with E-state index in [-0.39, 0.29) is 51.4 Å². The summed E-state index contributed by atoms with van der Waals surface area (Å²) in [6, 6.07) is 3.83. The molecule has 2 nitrogen and oxygen atoms in total. The van der Waals surface area contributed by atoms with Crippen LogP contribution in [0.25, 0.3) is 0 Å². The SMILES string of the molecule is Cc1cc(C)c(S(=O)O)c(C)c1.[KH]. The molecule has 1 aromatic rings. The molecule has 1 atom stereocenters. The normalized spacial score (nSPS) is 12.0. The first-order valence-corrected chi connectivity index (χ1v) is 4.81. The summed E-state index contributed by atoms with van der Waals surface area (Å²) in [4.78, 5) is 0.542. The number of hydrogen-bond donors (Lipinski definition) is 1. The minimum atomic E-state index is -1.86. The number of hydrogen-bond acceptors (Lipinski definition) is 1. The van der Waals surface area contributed by atoms with Crippen molar-refractivity contribution in [3.63, 3.8) is 0 Å². The molecule has 0 aliphatic heterocycles. The van der Waals surface area contributed by atoms with Crippen LogP contribution < -0.4 is 0 Å². The Bertz CT molecular complexity index is 313. The van der Waals surface area contributed by atoms with Gasteiger partial charge in [-0.2, -0.15) is 0 Å². The molecule has 0 bridgehead atoms. The van der Waals surface area contributed by atoms with E-state index in [4.69, 9.17) is 4.55 Å². The van der Waals surface area contributed by atoms with Gasteiger partial charge in [-0.1, -0.05) is 17.7 Å². The van der Waals surface area contributed by atoms with Gasteiger partial charge in [0.05, 0.1) is 4.90 Å². The Morgan fingerprint density at radius 2 is 1.54 bits per heavy atom. The van der Waals surface area contributed by atoms with Gasteiger partial charge in [-0.3, -0.25) is 0 Å². The monoisotopic (exact) mass is 224 g/mol. The Labute approximate surface area is 124 Å². The summed E-state index contributed by atoms with van der Waals surface area (Å²) in [6.07, 6.45) is 0. The van der Waals surface area contributed by atoms with Crippen molar-refractivity contribution in [2.75, 3.05) is 0 Å². The van der Waals surface area contributed by atoms with Gasteiger partial charge >= 0.3 is 51.4 Å². The molecule has 1 unspecified atom stereocenters. The molecule has 0 radical (unpaired) electrons. The van der Waals surface area contributed by atoms with Gasteiger partial charge in [-0.15, -0.1) is 0 Å². The molecule has 0 saturated heterocycles. The van der Waals surface area contributed by atoms with Crippen LogP contribution in [-0.4, -0.2) is 60.1 Å². The van der Waals surface area contributed by atoms with Gasteiger partial charge in [0, 0.05) is 0 Å². The molecule has 1 rings (SSSR count). The van der Waals surface area contributed by atoms with Crippen LogP contribution in [0.4, 0.5) is 0 Å². The van der Waals surface area contributed by atoms with Crippen molar-refractivity contribution in [1.82, 2.24) is 0 Å². The van der Waals surface area contributed by atoms with Gasteiger partial charge in [0.1, 0.15) is 0 Å². The van der Waals surface area contributed by atoms with E-state index in [0.29, 0.717) is 4.90 Å². The first-order chi connectivity index (χ1) is 5.52. The second-order valence-corrected chi connectivity index (χ2v) is 3.88. The summed E-state index contributed by atoms with van der Waals surface area (Å²) in [5.41, 5.74) is 2.89. The molecular formula is C9H13KO2S. The summed E-state index contributed by atoms with van der Waals surface area (Å²) >= 11 is -1.86.